The van der Waals surface area contributed by atoms with E-state index in [-0.39, 0.29) is 0 Å². The van der Waals surface area contributed by atoms with Crippen LogP contribution < -0.4 is 0 Å². The Morgan fingerprint density at radius 2 is 2.07 bits per heavy atom. The molecular weight excluding hydrogens is 172 g/mol. The van der Waals surface area contributed by atoms with Gasteiger partial charge < -0.3 is 5.11 Å². The van der Waals surface area contributed by atoms with Crippen LogP contribution >= 0.6 is 0 Å². The molecule has 1 aromatic carbocycles. The van der Waals surface area contributed by atoms with Crippen LogP contribution in [0.15, 0.2) is 24.3 Å². The molecule has 0 spiro atoms. The summed E-state index contributed by atoms with van der Waals surface area (Å²) in [5, 5.41) is 9.10. The highest BCUT2D eigenvalue weighted by atomic mass is 16.3. The van der Waals surface area contributed by atoms with Gasteiger partial charge in [-0.15, -0.1) is 0 Å². The highest BCUT2D eigenvalue weighted by Gasteiger charge is 2.25. The summed E-state index contributed by atoms with van der Waals surface area (Å²) in [4.78, 5) is 0. The predicted octanol–water partition coefficient (Wildman–Crippen LogP) is 2.87. The third-order valence-corrected chi connectivity index (χ3v) is 3.43. The second kappa shape index (κ2) is 4.14. The number of aryl methyl sites for hydroxylation is 1. The highest BCUT2D eigenvalue weighted by molar-refractivity contribution is 5.29. The summed E-state index contributed by atoms with van der Waals surface area (Å²) < 4.78 is 0. The fourth-order valence-electron chi connectivity index (χ4n) is 2.57. The Morgan fingerprint density at radius 3 is 2.71 bits per heavy atom. The molecule has 1 nitrogen and oxygen atoms in total. The van der Waals surface area contributed by atoms with Gasteiger partial charge in [0.05, 0.1) is 0 Å². The van der Waals surface area contributed by atoms with Crippen LogP contribution in [-0.4, -0.2) is 11.7 Å². The van der Waals surface area contributed by atoms with E-state index in [1.807, 2.05) is 0 Å². The third kappa shape index (κ3) is 1.83. The van der Waals surface area contributed by atoms with E-state index < -0.39 is 0 Å². The lowest BCUT2D eigenvalue weighted by Crippen LogP contribution is -2.01. The quantitative estimate of drug-likeness (QED) is 0.760. The van der Waals surface area contributed by atoms with Crippen molar-refractivity contribution in [2.45, 2.75) is 32.1 Å². The molecule has 0 radical (unpaired) electrons. The highest BCUT2D eigenvalue weighted by Crippen LogP contribution is 2.38. The molecule has 14 heavy (non-hydrogen) atoms. The smallest absolute Gasteiger partial charge is 0.0459 e. The van der Waals surface area contributed by atoms with E-state index in [0.717, 1.165) is 0 Å². The molecule has 1 aromatic rings. The summed E-state index contributed by atoms with van der Waals surface area (Å²) in [7, 11) is 0. The molecule has 1 aliphatic carbocycles. The number of aliphatic hydroxyl groups excluding tert-OH is 1. The normalized spacial score (nSPS) is 26.7. The zero-order valence-corrected chi connectivity index (χ0v) is 8.74. The van der Waals surface area contributed by atoms with Crippen LogP contribution in [0.2, 0.25) is 0 Å². The molecular formula is C13H18O. The zero-order chi connectivity index (χ0) is 9.97. The van der Waals surface area contributed by atoms with Crippen molar-refractivity contribution in [3.63, 3.8) is 0 Å². The summed E-state index contributed by atoms with van der Waals surface area (Å²) in [5.74, 6) is 1.23. The second-order valence-corrected chi connectivity index (χ2v) is 4.42. The number of hydrogen-bond acceptors (Lipinski definition) is 1. The van der Waals surface area contributed by atoms with Gasteiger partial charge in [-0.3, -0.25) is 0 Å². The maximum absolute atomic E-state index is 9.10. The van der Waals surface area contributed by atoms with Gasteiger partial charge in [0, 0.05) is 6.61 Å². The molecule has 76 valence electrons. The van der Waals surface area contributed by atoms with Gasteiger partial charge >= 0.3 is 0 Å². The van der Waals surface area contributed by atoms with Crippen LogP contribution in [-0.2, 0) is 0 Å². The van der Waals surface area contributed by atoms with Gasteiger partial charge in [-0.1, -0.05) is 24.3 Å². The second-order valence-electron chi connectivity index (χ2n) is 4.42. The van der Waals surface area contributed by atoms with E-state index in [1.165, 1.54) is 30.4 Å². The molecule has 0 bridgehead atoms. The van der Waals surface area contributed by atoms with Crippen molar-refractivity contribution in [2.75, 3.05) is 6.61 Å². The minimum absolute atomic E-state index is 0.363. The van der Waals surface area contributed by atoms with Crippen molar-refractivity contribution < 1.29 is 5.11 Å². The Bertz CT molecular complexity index is 306. The molecule has 0 saturated heterocycles. The summed E-state index contributed by atoms with van der Waals surface area (Å²) in [6.45, 7) is 2.55. The van der Waals surface area contributed by atoms with Gasteiger partial charge in [-0.05, 0) is 49.1 Å². The van der Waals surface area contributed by atoms with Crippen molar-refractivity contribution in [3.05, 3.63) is 35.4 Å². The van der Waals surface area contributed by atoms with Crippen LogP contribution in [0, 0.1) is 12.8 Å². The molecule has 2 unspecified atom stereocenters. The van der Waals surface area contributed by atoms with E-state index in [2.05, 4.69) is 31.2 Å². The van der Waals surface area contributed by atoms with Gasteiger partial charge in [-0.2, -0.15) is 0 Å². The van der Waals surface area contributed by atoms with Crippen molar-refractivity contribution in [1.82, 2.24) is 0 Å². The molecule has 0 amide bonds. The molecule has 1 heteroatoms. The predicted molar refractivity (Wildman–Crippen MR) is 58.3 cm³/mol. The molecule has 0 aliphatic heterocycles. The van der Waals surface area contributed by atoms with Crippen LogP contribution in [0.1, 0.15) is 36.3 Å². The first-order valence-electron chi connectivity index (χ1n) is 5.47. The lowest BCUT2D eigenvalue weighted by Gasteiger charge is -2.13. The monoisotopic (exact) mass is 190 g/mol. The van der Waals surface area contributed by atoms with E-state index in [0.29, 0.717) is 18.4 Å². The number of aliphatic hydroxyl groups is 1. The number of benzene rings is 1. The molecule has 1 saturated carbocycles. The Balaban J connectivity index is 2.13. The molecule has 1 fully saturated rings. The van der Waals surface area contributed by atoms with Gasteiger partial charge in [0.1, 0.15) is 0 Å². The van der Waals surface area contributed by atoms with Gasteiger partial charge in [0.25, 0.3) is 0 Å². The maximum Gasteiger partial charge on any atom is 0.0459 e. The first-order valence-corrected chi connectivity index (χ1v) is 5.47. The SMILES string of the molecule is Cc1ccccc1C1CCC(CO)C1. The minimum atomic E-state index is 0.363. The zero-order valence-electron chi connectivity index (χ0n) is 8.74. The molecule has 0 heterocycles. The molecule has 2 atom stereocenters. The molecule has 2 rings (SSSR count). The Kier molecular flexibility index (Phi) is 2.87. The van der Waals surface area contributed by atoms with Crippen molar-refractivity contribution in [2.24, 2.45) is 5.92 Å². The van der Waals surface area contributed by atoms with E-state index in [9.17, 15) is 0 Å². The summed E-state index contributed by atoms with van der Waals surface area (Å²) in [5.41, 5.74) is 2.89. The Hall–Kier alpha value is -0.820. The number of rotatable bonds is 2. The maximum atomic E-state index is 9.10. The van der Waals surface area contributed by atoms with E-state index in [1.54, 1.807) is 0 Å². The lowest BCUT2D eigenvalue weighted by atomic mass is 9.93. The fourth-order valence-corrected chi connectivity index (χ4v) is 2.57. The van der Waals surface area contributed by atoms with Crippen LogP contribution in [0.3, 0.4) is 0 Å². The standard InChI is InChI=1S/C13H18O/c1-10-4-2-3-5-13(10)12-7-6-11(8-12)9-14/h2-5,11-12,14H,6-9H2,1H3. The van der Waals surface area contributed by atoms with Gasteiger partial charge in [0.15, 0.2) is 0 Å². The van der Waals surface area contributed by atoms with Crippen LogP contribution in [0.5, 0.6) is 0 Å². The fraction of sp³-hybridized carbons (Fsp3) is 0.538. The molecule has 0 aromatic heterocycles. The first-order chi connectivity index (χ1) is 6.81. The van der Waals surface area contributed by atoms with Gasteiger partial charge in [-0.25, -0.2) is 0 Å². The van der Waals surface area contributed by atoms with Crippen molar-refractivity contribution >= 4 is 0 Å². The summed E-state index contributed by atoms with van der Waals surface area (Å²) in [6.07, 6.45) is 3.60. The lowest BCUT2D eigenvalue weighted by molar-refractivity contribution is 0.228. The third-order valence-electron chi connectivity index (χ3n) is 3.43. The molecule has 1 N–H and O–H groups in total. The van der Waals surface area contributed by atoms with Crippen LogP contribution in [0.4, 0.5) is 0 Å². The van der Waals surface area contributed by atoms with Gasteiger partial charge in [0.2, 0.25) is 0 Å². The largest absolute Gasteiger partial charge is 0.396 e. The average Bonchev–Trinajstić information content (AvgIpc) is 2.67. The molecule has 1 aliphatic rings. The van der Waals surface area contributed by atoms with Crippen LogP contribution in [0.25, 0.3) is 0 Å². The minimum Gasteiger partial charge on any atom is -0.396 e. The average molecular weight is 190 g/mol. The Morgan fingerprint density at radius 1 is 1.29 bits per heavy atom. The number of hydrogen-bond donors (Lipinski definition) is 1. The Labute approximate surface area is 85.8 Å². The summed E-state index contributed by atoms with van der Waals surface area (Å²) >= 11 is 0. The van der Waals surface area contributed by atoms with Crippen molar-refractivity contribution in [1.29, 1.82) is 0 Å². The summed E-state index contributed by atoms with van der Waals surface area (Å²) in [6, 6.07) is 8.63. The van der Waals surface area contributed by atoms with E-state index >= 15 is 0 Å². The van der Waals surface area contributed by atoms with E-state index in [4.69, 9.17) is 5.11 Å². The first kappa shape index (κ1) is 9.72. The van der Waals surface area contributed by atoms with Crippen molar-refractivity contribution in [3.8, 4) is 0 Å². The topological polar surface area (TPSA) is 20.2 Å².